The summed E-state index contributed by atoms with van der Waals surface area (Å²) in [6.07, 6.45) is 1.56. The summed E-state index contributed by atoms with van der Waals surface area (Å²) in [6.45, 7) is 4.01. The van der Waals surface area contributed by atoms with Crippen molar-refractivity contribution < 1.29 is 9.72 Å². The Morgan fingerprint density at radius 2 is 1.84 bits per heavy atom. The average molecular weight is 480 g/mol. The van der Waals surface area contributed by atoms with E-state index in [2.05, 4.69) is 10.00 Å². The lowest BCUT2D eigenvalue weighted by Crippen LogP contribution is -2.48. The molecule has 1 fully saturated rings. The maximum atomic E-state index is 12.9. The predicted molar refractivity (Wildman–Crippen MR) is 120 cm³/mol. The summed E-state index contributed by atoms with van der Waals surface area (Å²) in [5.74, 6) is -0.179. The lowest BCUT2D eigenvalue weighted by atomic mass is 10.2. The minimum absolute atomic E-state index is 0.0110. The smallest absolute Gasteiger partial charge is 0.358 e. The van der Waals surface area contributed by atoms with Crippen LogP contribution >= 0.6 is 34.5 Å². The quantitative estimate of drug-likeness (QED) is 0.391. The third-order valence-electron chi connectivity index (χ3n) is 5.07. The zero-order chi connectivity index (χ0) is 22.0. The molecule has 162 valence electrons. The minimum atomic E-state index is -0.528. The number of piperazine rings is 1. The van der Waals surface area contributed by atoms with E-state index in [1.807, 2.05) is 28.5 Å². The molecule has 3 aromatic rings. The number of carbonyl (C=O) groups is 1. The highest BCUT2D eigenvalue weighted by atomic mass is 35.5. The maximum Gasteiger partial charge on any atom is 0.389 e. The van der Waals surface area contributed by atoms with Crippen molar-refractivity contribution in [2.75, 3.05) is 26.2 Å². The van der Waals surface area contributed by atoms with Gasteiger partial charge in [0.1, 0.15) is 0 Å². The number of hydrogen-bond acceptors (Lipinski definition) is 6. The van der Waals surface area contributed by atoms with E-state index in [9.17, 15) is 14.9 Å². The number of thiophene rings is 1. The first-order chi connectivity index (χ1) is 14.9. The van der Waals surface area contributed by atoms with Crippen molar-refractivity contribution in [1.29, 1.82) is 0 Å². The van der Waals surface area contributed by atoms with Gasteiger partial charge in [-0.25, -0.2) is 0 Å². The maximum absolute atomic E-state index is 12.9. The molecular weight excluding hydrogens is 461 g/mol. The molecule has 2 aromatic heterocycles. The Labute approximate surface area is 192 Å². The third-order valence-corrected chi connectivity index (χ3v) is 6.78. The van der Waals surface area contributed by atoms with Crippen LogP contribution in [0.25, 0.3) is 0 Å². The van der Waals surface area contributed by atoms with Gasteiger partial charge in [0.05, 0.1) is 38.8 Å². The molecule has 1 aromatic carbocycles. The second-order valence-corrected chi connectivity index (χ2v) is 8.99. The van der Waals surface area contributed by atoms with Crippen molar-refractivity contribution in [3.8, 4) is 0 Å². The van der Waals surface area contributed by atoms with Gasteiger partial charge in [0.2, 0.25) is 0 Å². The van der Waals surface area contributed by atoms with Crippen molar-refractivity contribution in [3.63, 3.8) is 0 Å². The molecule has 1 aliphatic rings. The molecule has 0 bridgehead atoms. The summed E-state index contributed by atoms with van der Waals surface area (Å²) in [6, 6.07) is 8.84. The molecule has 4 rings (SSSR count). The Morgan fingerprint density at radius 1 is 1.06 bits per heavy atom. The van der Waals surface area contributed by atoms with Crippen LogP contribution in [0.2, 0.25) is 10.0 Å². The highest BCUT2D eigenvalue weighted by Crippen LogP contribution is 2.24. The van der Waals surface area contributed by atoms with Gasteiger partial charge in [0.25, 0.3) is 5.91 Å². The first-order valence-corrected chi connectivity index (χ1v) is 11.2. The second kappa shape index (κ2) is 9.35. The first kappa shape index (κ1) is 21.8. The Bertz CT molecular complexity index is 1110. The highest BCUT2D eigenvalue weighted by molar-refractivity contribution is 7.12. The van der Waals surface area contributed by atoms with Crippen molar-refractivity contribution in [3.05, 3.63) is 78.1 Å². The largest absolute Gasteiger partial charge is 0.389 e. The molecule has 1 saturated heterocycles. The normalized spacial score (nSPS) is 14.7. The Hall–Kier alpha value is -2.46. The van der Waals surface area contributed by atoms with Crippen LogP contribution < -0.4 is 0 Å². The molecule has 0 atom stereocenters. The summed E-state index contributed by atoms with van der Waals surface area (Å²) < 4.78 is 1.50. The molecule has 8 nitrogen and oxygen atoms in total. The van der Waals surface area contributed by atoms with E-state index in [0.717, 1.165) is 30.8 Å². The Balaban J connectivity index is 1.31. The Kier molecular flexibility index (Phi) is 6.57. The molecule has 1 amide bonds. The van der Waals surface area contributed by atoms with Crippen LogP contribution in [0.5, 0.6) is 0 Å². The van der Waals surface area contributed by atoms with Crippen LogP contribution in [0, 0.1) is 10.1 Å². The molecule has 0 radical (unpaired) electrons. The monoisotopic (exact) mass is 479 g/mol. The predicted octanol–water partition coefficient (Wildman–Crippen LogP) is 4.17. The van der Waals surface area contributed by atoms with Gasteiger partial charge in [-0.2, -0.15) is 4.68 Å². The van der Waals surface area contributed by atoms with Crippen molar-refractivity contribution >= 4 is 46.3 Å². The second-order valence-electron chi connectivity index (χ2n) is 7.26. The van der Waals surface area contributed by atoms with Crippen molar-refractivity contribution in [1.82, 2.24) is 19.6 Å². The molecule has 1 aliphatic heterocycles. The zero-order valence-electron chi connectivity index (χ0n) is 16.4. The summed E-state index contributed by atoms with van der Waals surface area (Å²) >= 11 is 13.5. The van der Waals surface area contributed by atoms with Crippen LogP contribution in [0.3, 0.4) is 0 Å². The van der Waals surface area contributed by atoms with E-state index in [1.54, 1.807) is 12.3 Å². The number of aromatic nitrogens is 2. The number of nitro groups is 1. The van der Waals surface area contributed by atoms with Crippen molar-refractivity contribution in [2.45, 2.75) is 13.1 Å². The number of amides is 1. The van der Waals surface area contributed by atoms with Gasteiger partial charge in [0.15, 0.2) is 0 Å². The SMILES string of the molecule is O=C(c1cc(Cn2ccc([N+](=O)[O-])n2)cs1)N1CCN(Cc2ccc(Cl)c(Cl)c2)CC1. The zero-order valence-corrected chi connectivity index (χ0v) is 18.7. The van der Waals surface area contributed by atoms with Crippen LogP contribution in [-0.2, 0) is 13.1 Å². The molecule has 3 heterocycles. The molecule has 0 N–H and O–H groups in total. The van der Waals surface area contributed by atoms with Gasteiger partial charge in [-0.05, 0) is 39.6 Å². The lowest BCUT2D eigenvalue weighted by Gasteiger charge is -2.34. The van der Waals surface area contributed by atoms with Crippen LogP contribution in [0.15, 0.2) is 41.9 Å². The fourth-order valence-electron chi connectivity index (χ4n) is 3.46. The van der Waals surface area contributed by atoms with Crippen LogP contribution in [0.4, 0.5) is 5.82 Å². The highest BCUT2D eigenvalue weighted by Gasteiger charge is 2.23. The van der Waals surface area contributed by atoms with E-state index in [4.69, 9.17) is 23.2 Å². The fourth-order valence-corrected chi connectivity index (χ4v) is 4.65. The van der Waals surface area contributed by atoms with Crippen molar-refractivity contribution in [2.24, 2.45) is 0 Å². The molecular formula is C20H19Cl2N5O3S. The molecule has 0 spiro atoms. The van der Waals surface area contributed by atoms with E-state index < -0.39 is 4.92 Å². The summed E-state index contributed by atoms with van der Waals surface area (Å²) in [7, 11) is 0. The average Bonchev–Trinajstić information content (AvgIpc) is 3.41. The van der Waals surface area contributed by atoms with E-state index >= 15 is 0 Å². The molecule has 11 heteroatoms. The van der Waals surface area contributed by atoms with Crippen LogP contribution in [0.1, 0.15) is 20.8 Å². The summed E-state index contributed by atoms with van der Waals surface area (Å²) in [5, 5.41) is 17.6. The van der Waals surface area contributed by atoms with Gasteiger partial charge >= 0.3 is 5.82 Å². The number of rotatable bonds is 6. The molecule has 0 unspecified atom stereocenters. The van der Waals surface area contributed by atoms with Gasteiger partial charge in [0, 0.05) is 32.7 Å². The number of carbonyl (C=O) groups excluding carboxylic acids is 1. The lowest BCUT2D eigenvalue weighted by molar-refractivity contribution is -0.389. The molecule has 0 aliphatic carbocycles. The fraction of sp³-hybridized carbons (Fsp3) is 0.300. The van der Waals surface area contributed by atoms with Crippen LogP contribution in [-0.4, -0.2) is 56.6 Å². The third kappa shape index (κ3) is 5.24. The Morgan fingerprint density at radius 3 is 2.52 bits per heavy atom. The van der Waals surface area contributed by atoms with Gasteiger partial charge in [-0.3, -0.25) is 9.69 Å². The number of benzene rings is 1. The van der Waals surface area contributed by atoms with Gasteiger partial charge < -0.3 is 15.0 Å². The number of nitrogens with zero attached hydrogens (tertiary/aromatic N) is 5. The van der Waals surface area contributed by atoms with Gasteiger partial charge in [-0.1, -0.05) is 29.3 Å². The summed E-state index contributed by atoms with van der Waals surface area (Å²) in [5.41, 5.74) is 1.99. The molecule has 0 saturated carbocycles. The number of halogens is 2. The van der Waals surface area contributed by atoms with E-state index in [1.165, 1.54) is 22.1 Å². The molecule has 31 heavy (non-hydrogen) atoms. The summed E-state index contributed by atoms with van der Waals surface area (Å²) in [4.78, 5) is 27.9. The number of hydrogen-bond donors (Lipinski definition) is 0. The van der Waals surface area contributed by atoms with E-state index in [0.29, 0.717) is 34.6 Å². The van der Waals surface area contributed by atoms with E-state index in [-0.39, 0.29) is 11.7 Å². The van der Waals surface area contributed by atoms with Gasteiger partial charge in [-0.15, -0.1) is 11.3 Å². The first-order valence-electron chi connectivity index (χ1n) is 9.60. The minimum Gasteiger partial charge on any atom is -0.358 e. The topological polar surface area (TPSA) is 84.5 Å². The standard InChI is InChI=1S/C20H19Cl2N5O3S/c21-16-2-1-14(9-17(16)22)11-24-5-7-25(8-6-24)20(28)18-10-15(13-31-18)12-26-4-3-19(23-26)27(29)30/h1-4,9-10,13H,5-8,11-12H2.